The number of hydrogen-bond donors (Lipinski definition) is 0. The molecular weight excluding hydrogens is 228 g/mol. The van der Waals surface area contributed by atoms with Crippen molar-refractivity contribution in [2.24, 2.45) is 14.1 Å². The van der Waals surface area contributed by atoms with Crippen LogP contribution >= 0.6 is 0 Å². The molecular formula is C12H10N6. The van der Waals surface area contributed by atoms with Crippen molar-refractivity contribution in [3.63, 3.8) is 0 Å². The molecule has 2 aromatic heterocycles. The second kappa shape index (κ2) is 3.67. The summed E-state index contributed by atoms with van der Waals surface area (Å²) in [5.74, 6) is 0.709. The SMILES string of the molecule is Cn1cc(-c2nc3c(C#N)cccc3n2C)nn1. The number of nitriles is 1. The van der Waals surface area contributed by atoms with Gasteiger partial charge in [0.1, 0.15) is 17.3 Å². The van der Waals surface area contributed by atoms with E-state index in [9.17, 15) is 0 Å². The molecule has 0 unspecified atom stereocenters. The van der Waals surface area contributed by atoms with E-state index >= 15 is 0 Å². The maximum atomic E-state index is 9.08. The van der Waals surface area contributed by atoms with Crippen molar-refractivity contribution in [2.45, 2.75) is 0 Å². The number of imidazole rings is 1. The molecule has 6 nitrogen and oxygen atoms in total. The van der Waals surface area contributed by atoms with E-state index in [1.807, 2.05) is 23.7 Å². The summed E-state index contributed by atoms with van der Waals surface area (Å²) in [6, 6.07) is 7.69. The second-order valence-electron chi connectivity index (χ2n) is 4.06. The van der Waals surface area contributed by atoms with Crippen LogP contribution in [0.15, 0.2) is 24.4 Å². The van der Waals surface area contributed by atoms with E-state index in [0.717, 1.165) is 5.52 Å². The molecule has 0 N–H and O–H groups in total. The minimum absolute atomic E-state index is 0.568. The highest BCUT2D eigenvalue weighted by atomic mass is 15.4. The molecule has 3 rings (SSSR count). The number of nitrogens with zero attached hydrogens (tertiary/aromatic N) is 6. The van der Waals surface area contributed by atoms with Crippen LogP contribution in [0, 0.1) is 11.3 Å². The van der Waals surface area contributed by atoms with Gasteiger partial charge in [-0.25, -0.2) is 4.98 Å². The Morgan fingerprint density at radius 3 is 2.78 bits per heavy atom. The highest BCUT2D eigenvalue weighted by Crippen LogP contribution is 2.23. The molecule has 6 heteroatoms. The fourth-order valence-corrected chi connectivity index (χ4v) is 1.98. The lowest BCUT2D eigenvalue weighted by Crippen LogP contribution is -1.92. The average Bonchev–Trinajstić information content (AvgIpc) is 2.94. The van der Waals surface area contributed by atoms with E-state index < -0.39 is 0 Å². The molecule has 0 saturated heterocycles. The lowest BCUT2D eigenvalue weighted by molar-refractivity contribution is 0.715. The number of rotatable bonds is 1. The molecule has 0 saturated carbocycles. The molecule has 2 heterocycles. The summed E-state index contributed by atoms with van der Waals surface area (Å²) in [5.41, 5.74) is 2.87. The number of fused-ring (bicyclic) bond motifs is 1. The zero-order chi connectivity index (χ0) is 12.7. The summed E-state index contributed by atoms with van der Waals surface area (Å²) in [6.07, 6.45) is 1.80. The van der Waals surface area contributed by atoms with Gasteiger partial charge >= 0.3 is 0 Å². The molecule has 0 radical (unpaired) electrons. The Balaban J connectivity index is 2.33. The van der Waals surface area contributed by atoms with Crippen LogP contribution in [0.2, 0.25) is 0 Å². The maximum absolute atomic E-state index is 9.08. The average molecular weight is 238 g/mol. The molecule has 88 valence electrons. The zero-order valence-electron chi connectivity index (χ0n) is 9.99. The summed E-state index contributed by atoms with van der Waals surface area (Å²) >= 11 is 0. The van der Waals surface area contributed by atoms with E-state index in [4.69, 9.17) is 5.26 Å². The zero-order valence-corrected chi connectivity index (χ0v) is 9.99. The minimum Gasteiger partial charge on any atom is -0.326 e. The van der Waals surface area contributed by atoms with Crippen LogP contribution in [-0.4, -0.2) is 24.5 Å². The quantitative estimate of drug-likeness (QED) is 0.639. The number of aromatic nitrogens is 5. The van der Waals surface area contributed by atoms with Crippen LogP contribution < -0.4 is 0 Å². The summed E-state index contributed by atoms with van der Waals surface area (Å²) in [7, 11) is 3.71. The van der Waals surface area contributed by atoms with E-state index in [1.165, 1.54) is 0 Å². The van der Waals surface area contributed by atoms with Gasteiger partial charge in [-0.05, 0) is 12.1 Å². The van der Waals surface area contributed by atoms with Gasteiger partial charge in [0.15, 0.2) is 5.82 Å². The first-order valence-corrected chi connectivity index (χ1v) is 5.43. The highest BCUT2D eigenvalue weighted by molar-refractivity contribution is 5.84. The van der Waals surface area contributed by atoms with Crippen molar-refractivity contribution in [1.82, 2.24) is 24.5 Å². The van der Waals surface area contributed by atoms with Crippen molar-refractivity contribution in [3.05, 3.63) is 30.0 Å². The van der Waals surface area contributed by atoms with Crippen LogP contribution in [0.4, 0.5) is 0 Å². The maximum Gasteiger partial charge on any atom is 0.163 e. The lowest BCUT2D eigenvalue weighted by atomic mass is 10.2. The van der Waals surface area contributed by atoms with Crippen LogP contribution in [0.3, 0.4) is 0 Å². The molecule has 0 atom stereocenters. The van der Waals surface area contributed by atoms with Gasteiger partial charge in [-0.15, -0.1) is 5.10 Å². The predicted molar refractivity (Wildman–Crippen MR) is 65.4 cm³/mol. The molecule has 0 aliphatic heterocycles. The highest BCUT2D eigenvalue weighted by Gasteiger charge is 2.14. The van der Waals surface area contributed by atoms with Crippen molar-refractivity contribution < 1.29 is 0 Å². The Bertz CT molecular complexity index is 774. The molecule has 0 spiro atoms. The van der Waals surface area contributed by atoms with E-state index in [2.05, 4.69) is 21.4 Å². The van der Waals surface area contributed by atoms with Crippen LogP contribution in [0.5, 0.6) is 0 Å². The summed E-state index contributed by atoms with van der Waals surface area (Å²) in [6.45, 7) is 0. The second-order valence-corrected chi connectivity index (χ2v) is 4.06. The number of para-hydroxylation sites is 1. The molecule has 0 aliphatic rings. The topological polar surface area (TPSA) is 72.3 Å². The van der Waals surface area contributed by atoms with Crippen molar-refractivity contribution in [1.29, 1.82) is 5.26 Å². The summed E-state index contributed by atoms with van der Waals surface area (Å²) in [5, 5.41) is 17.0. The third-order valence-corrected chi connectivity index (χ3v) is 2.86. The summed E-state index contributed by atoms with van der Waals surface area (Å²) in [4.78, 5) is 4.49. The van der Waals surface area contributed by atoms with Gasteiger partial charge in [0, 0.05) is 14.1 Å². The molecule has 18 heavy (non-hydrogen) atoms. The van der Waals surface area contributed by atoms with E-state index in [0.29, 0.717) is 22.6 Å². The fourth-order valence-electron chi connectivity index (χ4n) is 1.98. The standard InChI is InChI=1S/C12H10N6/c1-17-7-9(15-16-17)12-14-11-8(6-13)4-3-5-10(11)18(12)2/h3-5,7H,1-2H3. The monoisotopic (exact) mass is 238 g/mol. The van der Waals surface area contributed by atoms with Gasteiger partial charge < -0.3 is 4.57 Å². The molecule has 0 amide bonds. The molecule has 0 aliphatic carbocycles. The Kier molecular flexibility index (Phi) is 2.13. The Morgan fingerprint density at radius 2 is 2.11 bits per heavy atom. The molecule has 0 bridgehead atoms. The minimum atomic E-state index is 0.568. The Labute approximate surface area is 103 Å². The third-order valence-electron chi connectivity index (χ3n) is 2.86. The lowest BCUT2D eigenvalue weighted by Gasteiger charge is -1.97. The van der Waals surface area contributed by atoms with Gasteiger partial charge in [0.25, 0.3) is 0 Å². The van der Waals surface area contributed by atoms with Gasteiger partial charge in [-0.1, -0.05) is 11.3 Å². The Hall–Kier alpha value is -2.68. The first-order chi connectivity index (χ1) is 8.70. The number of hydrogen-bond acceptors (Lipinski definition) is 4. The Morgan fingerprint density at radius 1 is 1.28 bits per heavy atom. The predicted octanol–water partition coefficient (Wildman–Crippen LogP) is 1.24. The smallest absolute Gasteiger partial charge is 0.163 e. The van der Waals surface area contributed by atoms with Crippen molar-refractivity contribution >= 4 is 11.0 Å². The van der Waals surface area contributed by atoms with Gasteiger partial charge in [-0.3, -0.25) is 4.68 Å². The normalized spacial score (nSPS) is 10.7. The van der Waals surface area contributed by atoms with Crippen molar-refractivity contribution in [3.8, 4) is 17.6 Å². The van der Waals surface area contributed by atoms with Crippen LogP contribution in [0.25, 0.3) is 22.6 Å². The number of benzene rings is 1. The molecule has 1 aromatic carbocycles. The van der Waals surface area contributed by atoms with Gasteiger partial charge in [-0.2, -0.15) is 5.26 Å². The first kappa shape index (κ1) is 10.5. The molecule has 0 fully saturated rings. The van der Waals surface area contributed by atoms with Gasteiger partial charge in [0.2, 0.25) is 0 Å². The van der Waals surface area contributed by atoms with E-state index in [1.54, 1.807) is 24.0 Å². The van der Waals surface area contributed by atoms with E-state index in [-0.39, 0.29) is 0 Å². The summed E-state index contributed by atoms with van der Waals surface area (Å²) < 4.78 is 3.54. The first-order valence-electron chi connectivity index (χ1n) is 5.43. The molecule has 3 aromatic rings. The third kappa shape index (κ3) is 1.38. The number of aryl methyl sites for hydroxylation is 2. The van der Waals surface area contributed by atoms with Crippen LogP contribution in [-0.2, 0) is 14.1 Å². The fraction of sp³-hybridized carbons (Fsp3) is 0.167. The van der Waals surface area contributed by atoms with Crippen molar-refractivity contribution in [2.75, 3.05) is 0 Å². The largest absolute Gasteiger partial charge is 0.326 e. The van der Waals surface area contributed by atoms with Gasteiger partial charge in [0.05, 0.1) is 17.3 Å². The van der Waals surface area contributed by atoms with Crippen LogP contribution in [0.1, 0.15) is 5.56 Å².